The standard InChI is InChI=1S/C22H22N2O7/c1-3-29-21(26)10-11-22(27)31-14-20(25)24-18(19-5-4-12-30-19)13-17(23-24)15-6-8-16(28-2)9-7-15/h4-12,18H,3,13-14H2,1-2H3/b11-10+. The third-order valence-electron chi connectivity index (χ3n) is 4.44. The molecule has 0 aliphatic carbocycles. The fourth-order valence-corrected chi connectivity index (χ4v) is 2.97. The van der Waals surface area contributed by atoms with E-state index in [0.29, 0.717) is 23.6 Å². The Morgan fingerprint density at radius 2 is 1.84 bits per heavy atom. The van der Waals surface area contributed by atoms with E-state index in [1.807, 2.05) is 24.3 Å². The topological polar surface area (TPSA) is 108 Å². The number of esters is 2. The Kier molecular flexibility index (Phi) is 7.21. The van der Waals surface area contributed by atoms with Crippen LogP contribution in [0.3, 0.4) is 0 Å². The van der Waals surface area contributed by atoms with Gasteiger partial charge in [-0.1, -0.05) is 0 Å². The van der Waals surface area contributed by atoms with Gasteiger partial charge in [-0.25, -0.2) is 14.6 Å². The molecular weight excluding hydrogens is 404 g/mol. The molecule has 1 aromatic heterocycles. The van der Waals surface area contributed by atoms with Crippen LogP contribution in [0.25, 0.3) is 0 Å². The van der Waals surface area contributed by atoms with Crippen LogP contribution in [0.5, 0.6) is 5.75 Å². The molecule has 9 heteroatoms. The van der Waals surface area contributed by atoms with Crippen molar-refractivity contribution in [1.29, 1.82) is 0 Å². The van der Waals surface area contributed by atoms with Gasteiger partial charge in [0.1, 0.15) is 17.6 Å². The number of carbonyl (C=O) groups is 3. The molecule has 1 aliphatic heterocycles. The lowest BCUT2D eigenvalue weighted by Gasteiger charge is -2.19. The molecule has 0 radical (unpaired) electrons. The van der Waals surface area contributed by atoms with Crippen molar-refractivity contribution in [2.24, 2.45) is 5.10 Å². The highest BCUT2D eigenvalue weighted by molar-refractivity contribution is 6.03. The zero-order valence-corrected chi connectivity index (χ0v) is 17.1. The summed E-state index contributed by atoms with van der Waals surface area (Å²) in [7, 11) is 1.58. The predicted octanol–water partition coefficient (Wildman–Crippen LogP) is 2.63. The number of benzene rings is 1. The maximum atomic E-state index is 12.7. The van der Waals surface area contributed by atoms with Gasteiger partial charge in [-0.3, -0.25) is 4.79 Å². The van der Waals surface area contributed by atoms with Crippen molar-refractivity contribution >= 4 is 23.6 Å². The van der Waals surface area contributed by atoms with Crippen LogP contribution in [0.15, 0.2) is 64.3 Å². The van der Waals surface area contributed by atoms with Gasteiger partial charge in [0.05, 0.1) is 25.7 Å². The van der Waals surface area contributed by atoms with Gasteiger partial charge in [-0.15, -0.1) is 0 Å². The fraction of sp³-hybridized carbons (Fsp3) is 0.273. The number of carbonyl (C=O) groups excluding carboxylic acids is 3. The number of ether oxygens (including phenoxy) is 3. The fourth-order valence-electron chi connectivity index (χ4n) is 2.97. The third-order valence-corrected chi connectivity index (χ3v) is 4.44. The highest BCUT2D eigenvalue weighted by Gasteiger charge is 2.35. The van der Waals surface area contributed by atoms with Crippen LogP contribution in [-0.2, 0) is 23.9 Å². The molecule has 0 bridgehead atoms. The second-order valence-electron chi connectivity index (χ2n) is 6.44. The summed E-state index contributed by atoms with van der Waals surface area (Å²) in [6.07, 6.45) is 3.80. The minimum absolute atomic E-state index is 0.189. The molecule has 0 fully saturated rings. The molecule has 1 atom stereocenters. The van der Waals surface area contributed by atoms with Gasteiger partial charge >= 0.3 is 11.9 Å². The normalized spacial score (nSPS) is 15.6. The molecule has 0 N–H and O–H groups in total. The van der Waals surface area contributed by atoms with Gasteiger partial charge in [0.15, 0.2) is 6.61 Å². The quantitative estimate of drug-likeness (QED) is 0.472. The first-order chi connectivity index (χ1) is 15.0. The highest BCUT2D eigenvalue weighted by atomic mass is 16.5. The average Bonchev–Trinajstić information content (AvgIpc) is 3.46. The van der Waals surface area contributed by atoms with Crippen molar-refractivity contribution in [2.75, 3.05) is 20.3 Å². The number of hydrazone groups is 1. The molecule has 2 heterocycles. The van der Waals surface area contributed by atoms with E-state index < -0.39 is 30.5 Å². The van der Waals surface area contributed by atoms with Crippen molar-refractivity contribution in [3.63, 3.8) is 0 Å². The van der Waals surface area contributed by atoms with Crippen LogP contribution in [0.1, 0.15) is 30.7 Å². The van der Waals surface area contributed by atoms with Crippen LogP contribution in [-0.4, -0.2) is 48.9 Å². The van der Waals surface area contributed by atoms with Crippen LogP contribution >= 0.6 is 0 Å². The molecule has 1 aromatic carbocycles. The maximum Gasteiger partial charge on any atom is 0.331 e. The van der Waals surface area contributed by atoms with Gasteiger partial charge < -0.3 is 18.6 Å². The third kappa shape index (κ3) is 5.59. The summed E-state index contributed by atoms with van der Waals surface area (Å²) in [5.74, 6) is -0.760. The van der Waals surface area contributed by atoms with Gasteiger partial charge in [-0.05, 0) is 48.9 Å². The molecule has 0 spiro atoms. The lowest BCUT2D eigenvalue weighted by atomic mass is 10.0. The van der Waals surface area contributed by atoms with E-state index >= 15 is 0 Å². The number of amides is 1. The van der Waals surface area contributed by atoms with E-state index in [4.69, 9.17) is 13.9 Å². The van der Waals surface area contributed by atoms with E-state index in [9.17, 15) is 14.4 Å². The first-order valence-electron chi connectivity index (χ1n) is 9.60. The van der Waals surface area contributed by atoms with E-state index in [0.717, 1.165) is 17.7 Å². The lowest BCUT2D eigenvalue weighted by molar-refractivity contribution is -0.149. The van der Waals surface area contributed by atoms with Crippen molar-refractivity contribution < 1.29 is 33.0 Å². The molecule has 162 valence electrons. The smallest absolute Gasteiger partial charge is 0.331 e. The summed E-state index contributed by atoms with van der Waals surface area (Å²) in [6, 6.07) is 10.3. The summed E-state index contributed by atoms with van der Waals surface area (Å²) >= 11 is 0. The Morgan fingerprint density at radius 1 is 1.13 bits per heavy atom. The Balaban J connectivity index is 1.70. The van der Waals surface area contributed by atoms with E-state index in [-0.39, 0.29) is 6.61 Å². The summed E-state index contributed by atoms with van der Waals surface area (Å²) in [6.45, 7) is 1.30. The summed E-state index contributed by atoms with van der Waals surface area (Å²) in [5, 5.41) is 5.69. The van der Waals surface area contributed by atoms with Crippen LogP contribution < -0.4 is 4.74 Å². The van der Waals surface area contributed by atoms with Gasteiger partial charge in [0.2, 0.25) is 0 Å². The number of methoxy groups -OCH3 is 1. The van der Waals surface area contributed by atoms with E-state index in [2.05, 4.69) is 9.84 Å². The summed E-state index contributed by atoms with van der Waals surface area (Å²) in [5.41, 5.74) is 1.52. The average molecular weight is 426 g/mol. The molecule has 2 aromatic rings. The number of hydrogen-bond donors (Lipinski definition) is 0. The van der Waals surface area contributed by atoms with Gasteiger partial charge in [0.25, 0.3) is 5.91 Å². The van der Waals surface area contributed by atoms with Crippen LogP contribution in [0.4, 0.5) is 0 Å². The van der Waals surface area contributed by atoms with Crippen molar-refractivity contribution in [1.82, 2.24) is 5.01 Å². The molecule has 1 aliphatic rings. The molecule has 9 nitrogen and oxygen atoms in total. The second kappa shape index (κ2) is 10.2. The predicted molar refractivity (Wildman–Crippen MR) is 109 cm³/mol. The van der Waals surface area contributed by atoms with E-state index in [1.165, 1.54) is 11.3 Å². The minimum Gasteiger partial charge on any atom is -0.497 e. The second-order valence-corrected chi connectivity index (χ2v) is 6.44. The Morgan fingerprint density at radius 3 is 2.45 bits per heavy atom. The van der Waals surface area contributed by atoms with Crippen molar-refractivity contribution in [3.8, 4) is 5.75 Å². The Labute approximate surface area is 178 Å². The molecule has 1 amide bonds. The zero-order chi connectivity index (χ0) is 22.2. The molecule has 3 rings (SSSR count). The molecular formula is C22H22N2O7. The van der Waals surface area contributed by atoms with Crippen molar-refractivity contribution in [3.05, 3.63) is 66.1 Å². The largest absolute Gasteiger partial charge is 0.497 e. The van der Waals surface area contributed by atoms with Gasteiger partial charge in [-0.2, -0.15) is 5.10 Å². The molecule has 1 unspecified atom stereocenters. The number of hydrogen-bond acceptors (Lipinski definition) is 8. The van der Waals surface area contributed by atoms with Crippen LogP contribution in [0.2, 0.25) is 0 Å². The first kappa shape index (κ1) is 21.8. The summed E-state index contributed by atoms with van der Waals surface area (Å²) in [4.78, 5) is 35.8. The molecule has 0 saturated carbocycles. The molecule has 31 heavy (non-hydrogen) atoms. The lowest BCUT2D eigenvalue weighted by Crippen LogP contribution is -2.31. The van der Waals surface area contributed by atoms with Crippen molar-refractivity contribution in [2.45, 2.75) is 19.4 Å². The molecule has 0 saturated heterocycles. The zero-order valence-electron chi connectivity index (χ0n) is 17.1. The number of furan rings is 1. The summed E-state index contributed by atoms with van der Waals surface area (Å²) < 4.78 is 20.3. The number of rotatable bonds is 8. The highest BCUT2D eigenvalue weighted by Crippen LogP contribution is 2.33. The van der Waals surface area contributed by atoms with Crippen LogP contribution in [0, 0.1) is 0 Å². The van der Waals surface area contributed by atoms with Gasteiger partial charge in [0, 0.05) is 18.6 Å². The van der Waals surface area contributed by atoms with E-state index in [1.54, 1.807) is 26.2 Å². The Bertz CT molecular complexity index is 978. The monoisotopic (exact) mass is 426 g/mol. The SMILES string of the molecule is CCOC(=O)/C=C/C(=O)OCC(=O)N1N=C(c2ccc(OC)cc2)CC1c1ccco1. The Hall–Kier alpha value is -3.88. The maximum absolute atomic E-state index is 12.7. The minimum atomic E-state index is -0.838. The first-order valence-corrected chi connectivity index (χ1v) is 9.60. The number of nitrogens with zero attached hydrogens (tertiary/aromatic N) is 2.